The molecular weight excluding hydrogens is 544 g/mol. The number of hydrogen-bond donors (Lipinski definition) is 3. The minimum atomic E-state index is -0.336. The number of ether oxygens (including phenoxy) is 1. The third kappa shape index (κ3) is 6.62. The Morgan fingerprint density at radius 1 is 1.11 bits per heavy atom. The zero-order valence-electron chi connectivity index (χ0n) is 21.1. The number of hydrogen-bond acceptors (Lipinski definition) is 7. The lowest BCUT2D eigenvalue weighted by atomic mass is 9.64. The molecule has 2 aliphatic rings. The predicted octanol–water partition coefficient (Wildman–Crippen LogP) is 6.39. The highest BCUT2D eigenvalue weighted by Gasteiger charge is 2.41. The number of aromatic nitrogens is 2. The number of nitrogens with one attached hydrogen (secondary N) is 3. The molecule has 3 aromatic rings. The van der Waals surface area contributed by atoms with E-state index in [2.05, 4.69) is 47.9 Å². The van der Waals surface area contributed by atoms with E-state index in [4.69, 9.17) is 4.74 Å². The van der Waals surface area contributed by atoms with Gasteiger partial charge in [0.05, 0.1) is 6.20 Å². The molecule has 9 heteroatoms. The summed E-state index contributed by atoms with van der Waals surface area (Å²) < 4.78 is 6.45. The number of amides is 1. The number of benzene rings is 2. The van der Waals surface area contributed by atoms with E-state index in [1.54, 1.807) is 6.20 Å². The van der Waals surface area contributed by atoms with Crippen molar-refractivity contribution in [2.24, 2.45) is 17.8 Å². The lowest BCUT2D eigenvalue weighted by Crippen LogP contribution is -2.52. The zero-order chi connectivity index (χ0) is 26.3. The minimum Gasteiger partial charge on any atom is -0.445 e. The molecule has 5 rings (SSSR count). The Kier molecular flexibility index (Phi) is 8.39. The molecule has 0 saturated heterocycles. The van der Waals surface area contributed by atoms with Crippen molar-refractivity contribution in [3.8, 4) is 6.07 Å². The third-order valence-electron chi connectivity index (χ3n) is 7.48. The summed E-state index contributed by atoms with van der Waals surface area (Å²) in [7, 11) is 0. The van der Waals surface area contributed by atoms with Gasteiger partial charge in [0.25, 0.3) is 0 Å². The summed E-state index contributed by atoms with van der Waals surface area (Å²) in [5.74, 6) is 2.26. The van der Waals surface area contributed by atoms with Crippen molar-refractivity contribution in [1.82, 2.24) is 15.3 Å². The fourth-order valence-electron chi connectivity index (χ4n) is 5.77. The standard InChI is InChI=1S/C29H31BrN6O2/c30-24-10-5-11-25(14-24)34-28-33-17-23(15-31)27(36-28)32-16-20-12-21-8-4-9-22(13-20)26(21)35-29(37)38-18-19-6-2-1-3-7-19/h1-3,5-7,10-11,14,17,20-22,26H,4,8-9,12-13,16,18H2,(H,35,37)(H2,32,33,34,36)/t20?,21-,22+,26?. The van der Waals surface area contributed by atoms with Gasteiger partial charge in [-0.3, -0.25) is 0 Å². The summed E-state index contributed by atoms with van der Waals surface area (Å²) in [6, 6.07) is 19.8. The maximum atomic E-state index is 12.6. The Morgan fingerprint density at radius 3 is 2.63 bits per heavy atom. The maximum absolute atomic E-state index is 12.6. The van der Waals surface area contributed by atoms with Crippen LogP contribution in [-0.2, 0) is 11.3 Å². The molecule has 3 N–H and O–H groups in total. The van der Waals surface area contributed by atoms with Crippen LogP contribution in [-0.4, -0.2) is 28.6 Å². The molecule has 196 valence electrons. The molecule has 4 atom stereocenters. The van der Waals surface area contributed by atoms with Crippen LogP contribution in [0.5, 0.6) is 0 Å². The third-order valence-corrected chi connectivity index (χ3v) is 7.98. The summed E-state index contributed by atoms with van der Waals surface area (Å²) in [5.41, 5.74) is 2.26. The van der Waals surface area contributed by atoms with Crippen LogP contribution in [0.25, 0.3) is 0 Å². The van der Waals surface area contributed by atoms with Crippen LogP contribution < -0.4 is 16.0 Å². The average molecular weight is 576 g/mol. The van der Waals surface area contributed by atoms with Crippen molar-refractivity contribution in [3.63, 3.8) is 0 Å². The first kappa shape index (κ1) is 26.0. The highest BCUT2D eigenvalue weighted by molar-refractivity contribution is 9.10. The van der Waals surface area contributed by atoms with Crippen LogP contribution >= 0.6 is 15.9 Å². The van der Waals surface area contributed by atoms with E-state index in [0.717, 1.165) is 48.0 Å². The second-order valence-corrected chi connectivity index (χ2v) is 11.0. The topological polar surface area (TPSA) is 112 Å². The van der Waals surface area contributed by atoms with Crippen molar-refractivity contribution >= 4 is 39.5 Å². The van der Waals surface area contributed by atoms with Crippen molar-refractivity contribution < 1.29 is 9.53 Å². The Hall–Kier alpha value is -3.64. The number of fused-ring (bicyclic) bond motifs is 2. The summed E-state index contributed by atoms with van der Waals surface area (Å²) in [6.45, 7) is 1.00. The summed E-state index contributed by atoms with van der Waals surface area (Å²) in [6.07, 6.45) is 6.65. The Labute approximate surface area is 231 Å². The van der Waals surface area contributed by atoms with Gasteiger partial charge in [0.2, 0.25) is 5.95 Å². The van der Waals surface area contributed by atoms with Crippen LogP contribution in [0.1, 0.15) is 43.2 Å². The molecule has 2 aliphatic carbocycles. The number of nitriles is 1. The van der Waals surface area contributed by atoms with Gasteiger partial charge in [-0.05, 0) is 67.2 Å². The number of carbonyl (C=O) groups is 1. The molecular formula is C29H31BrN6O2. The van der Waals surface area contributed by atoms with E-state index in [-0.39, 0.29) is 18.7 Å². The van der Waals surface area contributed by atoms with Gasteiger partial charge >= 0.3 is 6.09 Å². The van der Waals surface area contributed by atoms with Crippen molar-refractivity contribution in [1.29, 1.82) is 5.26 Å². The number of carbonyl (C=O) groups excluding carboxylic acids is 1. The van der Waals surface area contributed by atoms with Gasteiger partial charge in [-0.2, -0.15) is 10.2 Å². The van der Waals surface area contributed by atoms with Gasteiger partial charge in [0.1, 0.15) is 24.1 Å². The van der Waals surface area contributed by atoms with Crippen LogP contribution in [0.4, 0.5) is 22.2 Å². The van der Waals surface area contributed by atoms with E-state index < -0.39 is 0 Å². The van der Waals surface area contributed by atoms with Gasteiger partial charge in [-0.1, -0.05) is 58.7 Å². The number of alkyl carbamates (subject to hydrolysis) is 1. The van der Waals surface area contributed by atoms with Crippen LogP contribution in [0.2, 0.25) is 0 Å². The molecule has 0 aliphatic heterocycles. The lowest BCUT2D eigenvalue weighted by molar-refractivity contribution is 0.0732. The van der Waals surface area contributed by atoms with Gasteiger partial charge in [-0.15, -0.1) is 0 Å². The highest BCUT2D eigenvalue weighted by atomic mass is 79.9. The largest absolute Gasteiger partial charge is 0.445 e. The molecule has 38 heavy (non-hydrogen) atoms. The van der Waals surface area contributed by atoms with Crippen LogP contribution in [0.15, 0.2) is 65.3 Å². The van der Waals surface area contributed by atoms with E-state index in [1.165, 1.54) is 6.42 Å². The van der Waals surface area contributed by atoms with Crippen molar-refractivity contribution in [2.75, 3.05) is 17.2 Å². The second kappa shape index (κ2) is 12.3. The molecule has 2 bridgehead atoms. The molecule has 2 fully saturated rings. The Balaban J connectivity index is 1.17. The van der Waals surface area contributed by atoms with Crippen molar-refractivity contribution in [3.05, 3.63) is 76.4 Å². The molecule has 2 saturated carbocycles. The Bertz CT molecular complexity index is 1280. The lowest BCUT2D eigenvalue weighted by Gasteiger charge is -2.46. The number of rotatable bonds is 8. The monoisotopic (exact) mass is 574 g/mol. The molecule has 0 spiro atoms. The minimum absolute atomic E-state index is 0.151. The fraction of sp³-hybridized carbons (Fsp3) is 0.379. The van der Waals surface area contributed by atoms with Crippen molar-refractivity contribution in [2.45, 2.75) is 44.8 Å². The molecule has 2 aromatic carbocycles. The fourth-order valence-corrected chi connectivity index (χ4v) is 6.17. The number of nitrogens with zero attached hydrogens (tertiary/aromatic N) is 3. The van der Waals surface area contributed by atoms with E-state index in [1.807, 2.05) is 54.6 Å². The van der Waals surface area contributed by atoms with Crippen LogP contribution in [0, 0.1) is 29.1 Å². The maximum Gasteiger partial charge on any atom is 0.407 e. The van der Waals surface area contributed by atoms with E-state index in [9.17, 15) is 10.1 Å². The smallest absolute Gasteiger partial charge is 0.407 e. The SMILES string of the molecule is N#Cc1cnc(Nc2cccc(Br)c2)nc1NCC1C[C@H]2CCC[C@@H](C1)C2NC(=O)OCc1ccccc1. The normalized spacial score (nSPS) is 22.1. The second-order valence-electron chi connectivity index (χ2n) is 10.1. The Morgan fingerprint density at radius 2 is 1.89 bits per heavy atom. The number of anilines is 3. The van der Waals surface area contributed by atoms with Gasteiger partial charge in [-0.25, -0.2) is 9.78 Å². The molecule has 2 unspecified atom stereocenters. The molecule has 0 radical (unpaired) electrons. The molecule has 1 amide bonds. The first-order valence-corrected chi connectivity index (χ1v) is 13.9. The van der Waals surface area contributed by atoms with Crippen LogP contribution in [0.3, 0.4) is 0 Å². The first-order chi connectivity index (χ1) is 18.6. The highest BCUT2D eigenvalue weighted by Crippen LogP contribution is 2.43. The average Bonchev–Trinajstić information content (AvgIpc) is 2.91. The quantitative estimate of drug-likeness (QED) is 0.286. The zero-order valence-corrected chi connectivity index (χ0v) is 22.7. The molecule has 1 heterocycles. The predicted molar refractivity (Wildman–Crippen MR) is 150 cm³/mol. The summed E-state index contributed by atoms with van der Waals surface area (Å²) in [4.78, 5) is 21.4. The molecule has 1 aromatic heterocycles. The van der Waals surface area contributed by atoms with Gasteiger partial charge < -0.3 is 20.7 Å². The van der Waals surface area contributed by atoms with E-state index >= 15 is 0 Å². The summed E-state index contributed by atoms with van der Waals surface area (Å²) >= 11 is 3.47. The van der Waals surface area contributed by atoms with Gasteiger partial charge in [0.15, 0.2) is 0 Å². The van der Waals surface area contributed by atoms with Gasteiger partial charge in [0, 0.05) is 22.7 Å². The molecule has 8 nitrogen and oxygen atoms in total. The summed E-state index contributed by atoms with van der Waals surface area (Å²) in [5, 5.41) is 19.4. The number of halogens is 1. The first-order valence-electron chi connectivity index (χ1n) is 13.1. The van der Waals surface area contributed by atoms with E-state index in [0.29, 0.717) is 35.1 Å².